The van der Waals surface area contributed by atoms with Gasteiger partial charge in [-0.15, -0.1) is 0 Å². The highest BCUT2D eigenvalue weighted by molar-refractivity contribution is 5.91. The minimum absolute atomic E-state index is 0.0753. The molecule has 2 amide bonds. The van der Waals surface area contributed by atoms with Crippen LogP contribution in [0.4, 0.5) is 25.0 Å². The van der Waals surface area contributed by atoms with Gasteiger partial charge in [-0.25, -0.2) is 14.8 Å². The summed E-state index contributed by atoms with van der Waals surface area (Å²) in [5, 5.41) is 8.08. The number of aromatic nitrogens is 4. The number of urea groups is 1. The molecule has 1 N–H and O–H groups in total. The van der Waals surface area contributed by atoms with Crippen LogP contribution in [0.2, 0.25) is 0 Å². The number of piperazine rings is 1. The summed E-state index contributed by atoms with van der Waals surface area (Å²) in [5.41, 5.74) is 2.70. The third-order valence-corrected chi connectivity index (χ3v) is 5.35. The van der Waals surface area contributed by atoms with Crippen LogP contribution in [0, 0.1) is 6.92 Å². The maximum absolute atomic E-state index is 12.8. The topological polar surface area (TPSA) is 88.4 Å². The van der Waals surface area contributed by atoms with Crippen molar-refractivity contribution >= 4 is 28.4 Å². The van der Waals surface area contributed by atoms with Crippen LogP contribution < -0.4 is 15.0 Å². The minimum Gasteiger partial charge on any atom is -0.417 e. The smallest absolute Gasteiger partial charge is 0.388 e. The van der Waals surface area contributed by atoms with E-state index in [-0.39, 0.29) is 18.0 Å². The molecular weight excluding hydrogens is 408 g/mol. The number of aryl methyl sites for hydroxylation is 2. The predicted molar refractivity (Wildman–Crippen MR) is 112 cm³/mol. The standard InChI is InChI=1S/C20H23F2N7O2/c1-12-11-28(20(30)26-15-4-5-17(25-13(15)2)31-19(21)22)8-9-29(12)16-6-7-23-18-14(16)10-24-27(18)3/h4-7,10,12,19H,8-9,11H2,1-3H3,(H,26,30)/t12-/m0/s1. The molecule has 9 nitrogen and oxygen atoms in total. The number of amides is 2. The molecule has 1 aliphatic rings. The summed E-state index contributed by atoms with van der Waals surface area (Å²) in [6.45, 7) is 2.44. The molecule has 0 saturated carbocycles. The number of halogens is 2. The fraction of sp³-hybridized carbons (Fsp3) is 0.400. The summed E-state index contributed by atoms with van der Waals surface area (Å²) >= 11 is 0. The molecule has 0 radical (unpaired) electrons. The van der Waals surface area contributed by atoms with Crippen LogP contribution in [0.1, 0.15) is 12.6 Å². The van der Waals surface area contributed by atoms with Gasteiger partial charge in [0.25, 0.3) is 0 Å². The maximum atomic E-state index is 12.8. The molecule has 1 atom stereocenters. The summed E-state index contributed by atoms with van der Waals surface area (Å²) in [4.78, 5) is 25.1. The number of ether oxygens (including phenoxy) is 1. The number of anilines is 2. The maximum Gasteiger partial charge on any atom is 0.388 e. The molecule has 3 aromatic heterocycles. The zero-order chi connectivity index (χ0) is 22.1. The number of nitrogens with one attached hydrogen (secondary N) is 1. The van der Waals surface area contributed by atoms with Crippen molar-refractivity contribution in [3.63, 3.8) is 0 Å². The molecule has 4 heterocycles. The summed E-state index contributed by atoms with van der Waals surface area (Å²) in [6, 6.07) is 4.59. The van der Waals surface area contributed by atoms with Gasteiger partial charge in [0.2, 0.25) is 5.88 Å². The van der Waals surface area contributed by atoms with Crippen molar-refractivity contribution in [3.8, 4) is 5.88 Å². The van der Waals surface area contributed by atoms with Gasteiger partial charge in [-0.05, 0) is 26.0 Å². The van der Waals surface area contributed by atoms with Crippen molar-refractivity contribution in [1.29, 1.82) is 0 Å². The molecule has 31 heavy (non-hydrogen) atoms. The Morgan fingerprint density at radius 2 is 2.10 bits per heavy atom. The third kappa shape index (κ3) is 4.21. The molecule has 0 spiro atoms. The van der Waals surface area contributed by atoms with E-state index in [9.17, 15) is 13.6 Å². The highest BCUT2D eigenvalue weighted by Crippen LogP contribution is 2.28. The van der Waals surface area contributed by atoms with E-state index >= 15 is 0 Å². The Labute approximate surface area is 177 Å². The Balaban J connectivity index is 1.43. The summed E-state index contributed by atoms with van der Waals surface area (Å²) in [6.07, 6.45) is 3.57. The lowest BCUT2D eigenvalue weighted by Crippen LogP contribution is -2.54. The van der Waals surface area contributed by atoms with Crippen LogP contribution in [0.3, 0.4) is 0 Å². The highest BCUT2D eigenvalue weighted by Gasteiger charge is 2.28. The average Bonchev–Trinajstić information content (AvgIpc) is 3.11. The van der Waals surface area contributed by atoms with Crippen LogP contribution in [0.25, 0.3) is 11.0 Å². The molecule has 0 unspecified atom stereocenters. The molecule has 1 aliphatic heterocycles. The van der Waals surface area contributed by atoms with Gasteiger partial charge in [0.05, 0.1) is 28.7 Å². The lowest BCUT2D eigenvalue weighted by atomic mass is 10.1. The monoisotopic (exact) mass is 431 g/mol. The van der Waals surface area contributed by atoms with E-state index in [4.69, 9.17) is 0 Å². The van der Waals surface area contributed by atoms with Gasteiger partial charge in [-0.3, -0.25) is 4.68 Å². The van der Waals surface area contributed by atoms with E-state index in [1.54, 1.807) is 28.9 Å². The first-order valence-corrected chi connectivity index (χ1v) is 9.85. The number of nitrogens with zero attached hydrogens (tertiary/aromatic N) is 6. The van der Waals surface area contributed by atoms with E-state index in [1.807, 2.05) is 13.1 Å². The largest absolute Gasteiger partial charge is 0.417 e. The summed E-state index contributed by atoms with van der Waals surface area (Å²) < 4.78 is 30.7. The molecule has 4 rings (SSSR count). The third-order valence-electron chi connectivity index (χ3n) is 5.35. The highest BCUT2D eigenvalue weighted by atomic mass is 19.3. The van der Waals surface area contributed by atoms with Gasteiger partial charge < -0.3 is 19.9 Å². The Kier molecular flexibility index (Phi) is 5.57. The van der Waals surface area contributed by atoms with Gasteiger partial charge in [-0.2, -0.15) is 13.9 Å². The van der Waals surface area contributed by atoms with E-state index in [1.165, 1.54) is 12.1 Å². The van der Waals surface area contributed by atoms with Crippen molar-refractivity contribution in [1.82, 2.24) is 24.6 Å². The Morgan fingerprint density at radius 1 is 1.29 bits per heavy atom. The number of rotatable bonds is 4. The predicted octanol–water partition coefficient (Wildman–Crippen LogP) is 3.02. The molecule has 0 aliphatic carbocycles. The molecule has 0 bridgehead atoms. The second kappa shape index (κ2) is 8.32. The van der Waals surface area contributed by atoms with E-state index in [2.05, 4.69) is 36.9 Å². The lowest BCUT2D eigenvalue weighted by molar-refractivity contribution is -0.0529. The number of hydrogen-bond acceptors (Lipinski definition) is 6. The SMILES string of the molecule is Cc1nc(OC(F)F)ccc1NC(=O)N1CCN(c2ccnc3c2cnn3C)[C@@H](C)C1. The average molecular weight is 431 g/mol. The van der Waals surface area contributed by atoms with Gasteiger partial charge >= 0.3 is 12.6 Å². The van der Waals surface area contributed by atoms with E-state index in [0.717, 1.165) is 16.7 Å². The minimum atomic E-state index is -2.95. The van der Waals surface area contributed by atoms with Crippen LogP contribution in [-0.4, -0.2) is 63.0 Å². The van der Waals surface area contributed by atoms with Gasteiger partial charge in [0.15, 0.2) is 5.65 Å². The Bertz CT molecular complexity index is 1100. The first-order chi connectivity index (χ1) is 14.8. The van der Waals surface area contributed by atoms with Crippen LogP contribution in [-0.2, 0) is 7.05 Å². The fourth-order valence-corrected chi connectivity index (χ4v) is 3.80. The molecule has 0 aromatic carbocycles. The Morgan fingerprint density at radius 3 is 2.81 bits per heavy atom. The van der Waals surface area contributed by atoms with Crippen molar-refractivity contribution < 1.29 is 18.3 Å². The number of fused-ring (bicyclic) bond motifs is 1. The number of carbonyl (C=O) groups excluding carboxylic acids is 1. The van der Waals surface area contributed by atoms with Gasteiger partial charge in [-0.1, -0.05) is 0 Å². The molecule has 1 saturated heterocycles. The lowest BCUT2D eigenvalue weighted by Gasteiger charge is -2.41. The number of hydrogen-bond donors (Lipinski definition) is 1. The molecule has 1 fully saturated rings. The van der Waals surface area contributed by atoms with Crippen molar-refractivity contribution in [3.05, 3.63) is 36.3 Å². The Hall–Kier alpha value is -3.50. The first-order valence-electron chi connectivity index (χ1n) is 9.85. The quantitative estimate of drug-likeness (QED) is 0.683. The zero-order valence-corrected chi connectivity index (χ0v) is 17.4. The zero-order valence-electron chi connectivity index (χ0n) is 17.4. The van der Waals surface area contributed by atoms with Crippen molar-refractivity contribution in [2.45, 2.75) is 26.5 Å². The van der Waals surface area contributed by atoms with E-state index < -0.39 is 6.61 Å². The molecule has 11 heteroatoms. The second-order valence-electron chi connectivity index (χ2n) is 7.42. The summed E-state index contributed by atoms with van der Waals surface area (Å²) in [5.74, 6) is -0.188. The van der Waals surface area contributed by atoms with Gasteiger partial charge in [0, 0.05) is 45.0 Å². The molecule has 164 valence electrons. The summed E-state index contributed by atoms with van der Waals surface area (Å²) in [7, 11) is 1.85. The first kappa shape index (κ1) is 20.8. The van der Waals surface area contributed by atoms with E-state index in [0.29, 0.717) is 31.0 Å². The van der Waals surface area contributed by atoms with Crippen LogP contribution >= 0.6 is 0 Å². The fourth-order valence-electron chi connectivity index (χ4n) is 3.80. The molecule has 3 aromatic rings. The normalized spacial score (nSPS) is 16.8. The van der Waals surface area contributed by atoms with Crippen LogP contribution in [0.15, 0.2) is 30.6 Å². The van der Waals surface area contributed by atoms with Crippen molar-refractivity contribution in [2.24, 2.45) is 7.05 Å². The molecular formula is C20H23F2N7O2. The number of alkyl halides is 2. The number of pyridine rings is 2. The van der Waals surface area contributed by atoms with Crippen LogP contribution in [0.5, 0.6) is 5.88 Å². The second-order valence-corrected chi connectivity index (χ2v) is 7.42. The van der Waals surface area contributed by atoms with Crippen molar-refractivity contribution in [2.75, 3.05) is 29.9 Å². The van der Waals surface area contributed by atoms with Gasteiger partial charge in [0.1, 0.15) is 0 Å². The number of carbonyl (C=O) groups is 1.